The fourth-order valence-electron chi connectivity index (χ4n) is 2.69. The maximum Gasteiger partial charge on any atom is 0.418 e. The largest absolute Gasteiger partial charge is 0.418 e. The Labute approximate surface area is 150 Å². The summed E-state index contributed by atoms with van der Waals surface area (Å²) in [5.41, 5.74) is -1.30. The zero-order chi connectivity index (χ0) is 19.4. The van der Waals surface area contributed by atoms with Crippen molar-refractivity contribution in [2.75, 3.05) is 31.3 Å². The molecular weight excluding hydrogens is 373 g/mol. The van der Waals surface area contributed by atoms with E-state index in [1.54, 1.807) is 0 Å². The average molecular weight is 394 g/mol. The van der Waals surface area contributed by atoms with Gasteiger partial charge in [0.2, 0.25) is 15.9 Å². The van der Waals surface area contributed by atoms with Crippen LogP contribution in [0.15, 0.2) is 24.3 Å². The first-order valence-electron chi connectivity index (χ1n) is 8.10. The van der Waals surface area contributed by atoms with Crippen LogP contribution in [0, 0.1) is 0 Å². The number of ether oxygens (including phenoxy) is 1. The number of para-hydroxylation sites is 1. The molecule has 1 aliphatic heterocycles. The highest BCUT2D eigenvalue weighted by atomic mass is 32.2. The van der Waals surface area contributed by atoms with Gasteiger partial charge in [-0.05, 0) is 25.0 Å². The van der Waals surface area contributed by atoms with E-state index < -0.39 is 27.7 Å². The molecule has 26 heavy (non-hydrogen) atoms. The summed E-state index contributed by atoms with van der Waals surface area (Å²) in [5, 5.41) is 2.21. The van der Waals surface area contributed by atoms with Gasteiger partial charge in [-0.25, -0.2) is 8.42 Å². The van der Waals surface area contributed by atoms with Crippen molar-refractivity contribution in [3.8, 4) is 0 Å². The Morgan fingerprint density at radius 1 is 1.35 bits per heavy atom. The summed E-state index contributed by atoms with van der Waals surface area (Å²) < 4.78 is 69.1. The van der Waals surface area contributed by atoms with E-state index in [2.05, 4.69) is 5.32 Å². The van der Waals surface area contributed by atoms with E-state index in [0.717, 1.165) is 35.5 Å². The molecule has 1 atom stereocenters. The molecule has 1 aromatic rings. The molecule has 0 aliphatic carbocycles. The van der Waals surface area contributed by atoms with Gasteiger partial charge in [-0.15, -0.1) is 0 Å². The monoisotopic (exact) mass is 394 g/mol. The highest BCUT2D eigenvalue weighted by Gasteiger charge is 2.33. The van der Waals surface area contributed by atoms with Crippen LogP contribution < -0.4 is 5.32 Å². The lowest BCUT2D eigenvalue weighted by Crippen LogP contribution is -2.38. The number of carbonyl (C=O) groups is 1. The predicted octanol–water partition coefficient (Wildman–Crippen LogP) is 2.47. The molecule has 1 unspecified atom stereocenters. The Balaban J connectivity index is 1.98. The quantitative estimate of drug-likeness (QED) is 0.771. The van der Waals surface area contributed by atoms with E-state index in [1.165, 1.54) is 12.1 Å². The van der Waals surface area contributed by atoms with Gasteiger partial charge in [0, 0.05) is 26.1 Å². The van der Waals surface area contributed by atoms with E-state index in [1.807, 2.05) is 0 Å². The zero-order valence-corrected chi connectivity index (χ0v) is 15.1. The molecule has 0 bridgehead atoms. The van der Waals surface area contributed by atoms with Gasteiger partial charge in [0.25, 0.3) is 0 Å². The SMILES string of the molecule is CS(=O)(=O)N(CCC(=O)Nc1ccccc1C(F)(F)F)CC1CCCO1. The molecule has 1 heterocycles. The first kappa shape index (κ1) is 20.7. The van der Waals surface area contributed by atoms with Crippen LogP contribution in [-0.2, 0) is 25.7 Å². The predicted molar refractivity (Wildman–Crippen MR) is 90.1 cm³/mol. The third-order valence-electron chi connectivity index (χ3n) is 4.00. The van der Waals surface area contributed by atoms with Crippen molar-refractivity contribution in [1.29, 1.82) is 0 Å². The summed E-state index contributed by atoms with van der Waals surface area (Å²) in [7, 11) is -3.56. The van der Waals surface area contributed by atoms with Gasteiger partial charge in [0.05, 0.1) is 23.6 Å². The van der Waals surface area contributed by atoms with Crippen LogP contribution in [0.25, 0.3) is 0 Å². The number of halogens is 3. The van der Waals surface area contributed by atoms with E-state index in [-0.39, 0.29) is 31.3 Å². The molecule has 10 heteroatoms. The van der Waals surface area contributed by atoms with E-state index >= 15 is 0 Å². The second-order valence-corrected chi connectivity index (χ2v) is 8.08. The molecule has 1 fully saturated rings. The summed E-state index contributed by atoms with van der Waals surface area (Å²) >= 11 is 0. The van der Waals surface area contributed by atoms with Crippen molar-refractivity contribution in [3.05, 3.63) is 29.8 Å². The summed E-state index contributed by atoms with van der Waals surface area (Å²) in [5.74, 6) is -0.692. The van der Waals surface area contributed by atoms with Crippen molar-refractivity contribution in [2.24, 2.45) is 0 Å². The topological polar surface area (TPSA) is 75.7 Å². The van der Waals surface area contributed by atoms with Crippen LogP contribution >= 0.6 is 0 Å². The molecule has 1 aliphatic rings. The number of anilines is 1. The lowest BCUT2D eigenvalue weighted by atomic mass is 10.1. The molecule has 0 spiro atoms. The first-order valence-corrected chi connectivity index (χ1v) is 9.95. The van der Waals surface area contributed by atoms with Crippen molar-refractivity contribution >= 4 is 21.6 Å². The van der Waals surface area contributed by atoms with E-state index in [0.29, 0.717) is 6.61 Å². The van der Waals surface area contributed by atoms with Gasteiger partial charge < -0.3 is 10.1 Å². The van der Waals surface area contributed by atoms with Crippen LogP contribution in [0.1, 0.15) is 24.8 Å². The Morgan fingerprint density at radius 3 is 2.62 bits per heavy atom. The fraction of sp³-hybridized carbons (Fsp3) is 0.562. The molecule has 1 aromatic carbocycles. The smallest absolute Gasteiger partial charge is 0.377 e. The Bertz CT molecular complexity index is 731. The third kappa shape index (κ3) is 5.96. The summed E-state index contributed by atoms with van der Waals surface area (Å²) in [6, 6.07) is 4.63. The van der Waals surface area contributed by atoms with Crippen LogP contribution in [0.3, 0.4) is 0 Å². The number of hydrogen-bond donors (Lipinski definition) is 1. The van der Waals surface area contributed by atoms with Gasteiger partial charge in [-0.1, -0.05) is 12.1 Å². The molecule has 6 nitrogen and oxygen atoms in total. The lowest BCUT2D eigenvalue weighted by molar-refractivity contribution is -0.137. The van der Waals surface area contributed by atoms with Gasteiger partial charge in [-0.3, -0.25) is 4.79 Å². The number of sulfonamides is 1. The first-order chi connectivity index (χ1) is 12.1. The maximum absolute atomic E-state index is 12.9. The van der Waals surface area contributed by atoms with Crippen LogP contribution in [-0.4, -0.2) is 50.7 Å². The van der Waals surface area contributed by atoms with Crippen molar-refractivity contribution in [3.63, 3.8) is 0 Å². The van der Waals surface area contributed by atoms with Crippen LogP contribution in [0.2, 0.25) is 0 Å². The van der Waals surface area contributed by atoms with Crippen molar-refractivity contribution in [1.82, 2.24) is 4.31 Å². The van der Waals surface area contributed by atoms with Crippen molar-refractivity contribution in [2.45, 2.75) is 31.5 Å². The highest BCUT2D eigenvalue weighted by Crippen LogP contribution is 2.34. The van der Waals surface area contributed by atoms with Gasteiger partial charge in [-0.2, -0.15) is 17.5 Å². The Kier molecular flexibility index (Phi) is 6.64. The number of nitrogens with zero attached hydrogens (tertiary/aromatic N) is 1. The zero-order valence-electron chi connectivity index (χ0n) is 14.3. The number of carbonyl (C=O) groups excluding carboxylic acids is 1. The molecule has 1 amide bonds. The van der Waals surface area contributed by atoms with Crippen LogP contribution in [0.4, 0.5) is 18.9 Å². The number of rotatable bonds is 7. The van der Waals surface area contributed by atoms with Gasteiger partial charge in [0.15, 0.2) is 0 Å². The normalized spacial score (nSPS) is 18.3. The third-order valence-corrected chi connectivity index (χ3v) is 5.26. The molecule has 2 rings (SSSR count). The molecule has 0 aromatic heterocycles. The minimum absolute atomic E-state index is 0.126. The number of alkyl halides is 3. The molecule has 0 radical (unpaired) electrons. The second-order valence-electron chi connectivity index (χ2n) is 6.10. The lowest BCUT2D eigenvalue weighted by Gasteiger charge is -2.23. The second kappa shape index (κ2) is 8.36. The highest BCUT2D eigenvalue weighted by molar-refractivity contribution is 7.88. The van der Waals surface area contributed by atoms with Gasteiger partial charge in [0.1, 0.15) is 0 Å². The maximum atomic E-state index is 12.9. The standard InChI is InChI=1S/C16H21F3N2O4S/c1-26(23,24)21(11-12-5-4-10-25-12)9-8-15(22)20-14-7-3-2-6-13(14)16(17,18)19/h2-3,6-7,12H,4-5,8-11H2,1H3,(H,20,22). The summed E-state index contributed by atoms with van der Waals surface area (Å²) in [6.07, 6.45) is -2.47. The molecular formula is C16H21F3N2O4S. The minimum atomic E-state index is -4.59. The van der Waals surface area contributed by atoms with Gasteiger partial charge >= 0.3 is 6.18 Å². The fourth-order valence-corrected chi connectivity index (χ4v) is 3.55. The van der Waals surface area contributed by atoms with E-state index in [9.17, 15) is 26.4 Å². The number of benzene rings is 1. The average Bonchev–Trinajstić information content (AvgIpc) is 3.03. The summed E-state index contributed by atoms with van der Waals surface area (Å²) in [4.78, 5) is 12.0. The molecule has 0 saturated carbocycles. The minimum Gasteiger partial charge on any atom is -0.377 e. The molecule has 1 saturated heterocycles. The number of nitrogens with one attached hydrogen (secondary N) is 1. The van der Waals surface area contributed by atoms with Crippen molar-refractivity contribution < 1.29 is 31.1 Å². The Hall–Kier alpha value is -1.65. The molecule has 1 N–H and O–H groups in total. The number of amides is 1. The summed E-state index contributed by atoms with van der Waals surface area (Å²) in [6.45, 7) is 0.570. The molecule has 146 valence electrons. The van der Waals surface area contributed by atoms with E-state index in [4.69, 9.17) is 4.74 Å². The Morgan fingerprint density at radius 2 is 2.04 bits per heavy atom. The van der Waals surface area contributed by atoms with Crippen LogP contribution in [0.5, 0.6) is 0 Å². The number of hydrogen-bond acceptors (Lipinski definition) is 4.